The van der Waals surface area contributed by atoms with Crippen LogP contribution in [0.1, 0.15) is 18.7 Å². The minimum atomic E-state index is -0.465. The Hall–Kier alpha value is -1.48. The van der Waals surface area contributed by atoms with Crippen LogP contribution < -0.4 is 11.5 Å². The molecule has 0 amide bonds. The fourth-order valence-electron chi connectivity index (χ4n) is 0.965. The van der Waals surface area contributed by atoms with Gasteiger partial charge in [-0.3, -0.25) is 0 Å². The van der Waals surface area contributed by atoms with Crippen LogP contribution in [0.15, 0.2) is 34.3 Å². The van der Waals surface area contributed by atoms with E-state index in [0.717, 1.165) is 11.3 Å². The molecule has 0 fully saturated rings. The van der Waals surface area contributed by atoms with Crippen LogP contribution in [-0.4, -0.2) is 12.6 Å². The highest BCUT2D eigenvalue weighted by Crippen LogP contribution is 2.15. The van der Waals surface area contributed by atoms with Crippen LogP contribution in [0.25, 0.3) is 0 Å². The maximum atomic E-state index is 5.53. The van der Waals surface area contributed by atoms with Gasteiger partial charge in [-0.2, -0.15) is 4.99 Å². The minimum absolute atomic E-state index is 0.465. The Balaban J connectivity index is 2.89. The maximum Gasteiger partial charge on any atom is 0.0948 e. The first-order valence-corrected chi connectivity index (χ1v) is 4.47. The summed E-state index contributed by atoms with van der Waals surface area (Å²) >= 11 is 0. The Morgan fingerprint density at radius 2 is 2.21 bits per heavy atom. The Morgan fingerprint density at radius 3 is 2.86 bits per heavy atom. The van der Waals surface area contributed by atoms with Crippen molar-refractivity contribution >= 4 is 11.7 Å². The van der Waals surface area contributed by atoms with Gasteiger partial charge in [0.05, 0.1) is 17.9 Å². The van der Waals surface area contributed by atoms with Gasteiger partial charge < -0.3 is 11.5 Å². The van der Waals surface area contributed by atoms with Crippen molar-refractivity contribution in [3.8, 4) is 0 Å². The van der Waals surface area contributed by atoms with Crippen molar-refractivity contribution in [1.82, 2.24) is 0 Å². The van der Waals surface area contributed by atoms with E-state index in [1.807, 2.05) is 31.2 Å². The van der Waals surface area contributed by atoms with E-state index < -0.39 is 6.17 Å². The first kappa shape index (κ1) is 10.6. The second-order valence-electron chi connectivity index (χ2n) is 2.81. The second kappa shape index (κ2) is 5.29. The zero-order chi connectivity index (χ0) is 10.4. The van der Waals surface area contributed by atoms with Gasteiger partial charge in [0.25, 0.3) is 0 Å². The molecule has 1 rings (SSSR count). The lowest BCUT2D eigenvalue weighted by atomic mass is 10.1. The van der Waals surface area contributed by atoms with Crippen molar-refractivity contribution in [1.29, 1.82) is 0 Å². The van der Waals surface area contributed by atoms with Gasteiger partial charge in [0.2, 0.25) is 0 Å². The SMILES string of the molecule is CCN=C=Nc1cccc(C(N)N)c1. The molecule has 0 unspecified atom stereocenters. The molecule has 4 nitrogen and oxygen atoms in total. The van der Waals surface area contributed by atoms with Crippen LogP contribution in [0.4, 0.5) is 5.69 Å². The Bertz CT molecular complexity index is 351. The van der Waals surface area contributed by atoms with Gasteiger partial charge in [0, 0.05) is 6.54 Å². The molecule has 74 valence electrons. The topological polar surface area (TPSA) is 76.8 Å². The highest BCUT2D eigenvalue weighted by Gasteiger charge is 1.98. The molecule has 0 saturated heterocycles. The average molecular weight is 190 g/mol. The van der Waals surface area contributed by atoms with Gasteiger partial charge in [-0.15, -0.1) is 0 Å². The molecule has 14 heavy (non-hydrogen) atoms. The summed E-state index contributed by atoms with van der Waals surface area (Å²) < 4.78 is 0. The molecule has 1 aromatic rings. The Morgan fingerprint density at radius 1 is 1.43 bits per heavy atom. The van der Waals surface area contributed by atoms with Crippen LogP contribution in [0.2, 0.25) is 0 Å². The van der Waals surface area contributed by atoms with E-state index in [0.29, 0.717) is 6.54 Å². The highest BCUT2D eigenvalue weighted by molar-refractivity contribution is 5.53. The van der Waals surface area contributed by atoms with Crippen molar-refractivity contribution in [2.75, 3.05) is 6.54 Å². The van der Waals surface area contributed by atoms with E-state index in [1.165, 1.54) is 0 Å². The Kier molecular flexibility index (Phi) is 4.01. The van der Waals surface area contributed by atoms with Crippen molar-refractivity contribution in [3.05, 3.63) is 29.8 Å². The quantitative estimate of drug-likeness (QED) is 0.558. The summed E-state index contributed by atoms with van der Waals surface area (Å²) in [5, 5.41) is 0. The summed E-state index contributed by atoms with van der Waals surface area (Å²) in [6, 6.07) is 9.98. The molecule has 1 aromatic carbocycles. The number of benzene rings is 1. The number of rotatable bonds is 3. The lowest BCUT2D eigenvalue weighted by Gasteiger charge is -2.04. The first-order chi connectivity index (χ1) is 6.74. The third kappa shape index (κ3) is 3.11. The molecule has 0 aromatic heterocycles. The zero-order valence-corrected chi connectivity index (χ0v) is 8.14. The van der Waals surface area contributed by atoms with E-state index in [1.54, 1.807) is 0 Å². The fraction of sp³-hybridized carbons (Fsp3) is 0.300. The van der Waals surface area contributed by atoms with Crippen molar-refractivity contribution in [2.45, 2.75) is 13.1 Å². The standard InChI is InChI=1S/C10H14N4/c1-2-13-7-14-9-5-3-4-8(6-9)10(11)12/h3-6,10H,2,11-12H2,1H3. The van der Waals surface area contributed by atoms with Crippen molar-refractivity contribution < 1.29 is 0 Å². The predicted molar refractivity (Wildman–Crippen MR) is 57.6 cm³/mol. The summed E-state index contributed by atoms with van der Waals surface area (Å²) in [4.78, 5) is 7.87. The largest absolute Gasteiger partial charge is 0.312 e. The van der Waals surface area contributed by atoms with E-state index in [2.05, 4.69) is 16.0 Å². The number of hydrogen-bond acceptors (Lipinski definition) is 4. The van der Waals surface area contributed by atoms with Crippen LogP contribution in [0, 0.1) is 0 Å². The molecule has 0 radical (unpaired) electrons. The number of hydrogen-bond donors (Lipinski definition) is 2. The molecule has 0 bridgehead atoms. The number of aliphatic imine (C=N–C) groups is 2. The highest BCUT2D eigenvalue weighted by atomic mass is 14.9. The van der Waals surface area contributed by atoms with Crippen LogP contribution in [0.3, 0.4) is 0 Å². The van der Waals surface area contributed by atoms with Crippen LogP contribution >= 0.6 is 0 Å². The summed E-state index contributed by atoms with van der Waals surface area (Å²) in [5.74, 6) is 0. The fourth-order valence-corrected chi connectivity index (χ4v) is 0.965. The van der Waals surface area contributed by atoms with E-state index in [-0.39, 0.29) is 0 Å². The van der Waals surface area contributed by atoms with Gasteiger partial charge in [-0.25, -0.2) is 4.99 Å². The van der Waals surface area contributed by atoms with Gasteiger partial charge in [-0.05, 0) is 24.6 Å². The van der Waals surface area contributed by atoms with Crippen molar-refractivity contribution in [3.63, 3.8) is 0 Å². The summed E-state index contributed by atoms with van der Waals surface area (Å²) in [6.45, 7) is 2.61. The molecular weight excluding hydrogens is 176 g/mol. The minimum Gasteiger partial charge on any atom is -0.312 e. The maximum absolute atomic E-state index is 5.53. The van der Waals surface area contributed by atoms with Crippen LogP contribution in [0.5, 0.6) is 0 Å². The molecule has 0 heterocycles. The molecule has 0 aliphatic heterocycles. The van der Waals surface area contributed by atoms with E-state index in [9.17, 15) is 0 Å². The molecule has 0 atom stereocenters. The normalized spacial score (nSPS) is 9.71. The molecule has 4 heteroatoms. The third-order valence-electron chi connectivity index (χ3n) is 1.66. The second-order valence-corrected chi connectivity index (χ2v) is 2.81. The monoisotopic (exact) mass is 190 g/mol. The smallest absolute Gasteiger partial charge is 0.0948 e. The molecule has 0 aliphatic carbocycles. The first-order valence-electron chi connectivity index (χ1n) is 4.47. The van der Waals surface area contributed by atoms with Crippen molar-refractivity contribution in [2.24, 2.45) is 21.5 Å². The zero-order valence-electron chi connectivity index (χ0n) is 8.14. The number of nitrogens with two attached hydrogens (primary N) is 2. The molecule has 0 aliphatic rings. The lowest BCUT2D eigenvalue weighted by Crippen LogP contribution is -2.19. The number of nitrogens with zero attached hydrogens (tertiary/aromatic N) is 2. The van der Waals surface area contributed by atoms with E-state index >= 15 is 0 Å². The van der Waals surface area contributed by atoms with Crippen LogP contribution in [-0.2, 0) is 0 Å². The summed E-state index contributed by atoms with van der Waals surface area (Å²) in [7, 11) is 0. The van der Waals surface area contributed by atoms with Gasteiger partial charge in [-0.1, -0.05) is 12.1 Å². The molecule has 0 spiro atoms. The van der Waals surface area contributed by atoms with Gasteiger partial charge in [0.1, 0.15) is 0 Å². The van der Waals surface area contributed by atoms with Gasteiger partial charge >= 0.3 is 0 Å². The molecule has 4 N–H and O–H groups in total. The molecular formula is C10H14N4. The predicted octanol–water partition coefficient (Wildman–Crippen LogP) is 1.43. The third-order valence-corrected chi connectivity index (χ3v) is 1.66. The average Bonchev–Trinajstić information content (AvgIpc) is 2.19. The molecule has 0 saturated carbocycles. The van der Waals surface area contributed by atoms with E-state index in [4.69, 9.17) is 11.5 Å². The van der Waals surface area contributed by atoms with Gasteiger partial charge in [0.15, 0.2) is 0 Å². The summed E-state index contributed by atoms with van der Waals surface area (Å²) in [5.41, 5.74) is 12.7. The Labute approximate surface area is 83.4 Å². The summed E-state index contributed by atoms with van der Waals surface area (Å²) in [6.07, 6.45) is -0.465. The lowest BCUT2D eigenvalue weighted by molar-refractivity contribution is 0.774.